The molecule has 2 aromatic rings. The van der Waals surface area contributed by atoms with Gasteiger partial charge in [-0.25, -0.2) is 4.98 Å². The van der Waals surface area contributed by atoms with Gasteiger partial charge in [-0.15, -0.1) is 11.3 Å². The van der Waals surface area contributed by atoms with Crippen molar-refractivity contribution in [3.63, 3.8) is 0 Å². The second kappa shape index (κ2) is 4.87. The van der Waals surface area contributed by atoms with Crippen molar-refractivity contribution >= 4 is 22.2 Å². The molecule has 0 bridgehead atoms. The number of nitrogens with one attached hydrogen (secondary N) is 1. The Hall–Kier alpha value is -1.73. The summed E-state index contributed by atoms with van der Waals surface area (Å²) in [6, 6.07) is 0. The highest BCUT2D eigenvalue weighted by Gasteiger charge is 2.15. The molecule has 0 radical (unpaired) electrons. The Morgan fingerprint density at radius 1 is 1.67 bits per heavy atom. The highest BCUT2D eigenvalue weighted by Crippen LogP contribution is 2.10. The van der Waals surface area contributed by atoms with Crippen molar-refractivity contribution in [2.75, 3.05) is 6.54 Å². The molecule has 2 rings (SSSR count). The fraction of sp³-hybridized carbons (Fsp3) is 0.364. The molecule has 0 aromatic carbocycles. The zero-order valence-corrected chi connectivity index (χ0v) is 10.8. The van der Waals surface area contributed by atoms with Gasteiger partial charge < -0.3 is 10.4 Å². The van der Waals surface area contributed by atoms with Crippen LogP contribution in [0.3, 0.4) is 0 Å². The number of aliphatic hydroxyl groups excluding tert-OH is 1. The Morgan fingerprint density at radius 3 is 3.06 bits per heavy atom. The normalized spacial score (nSPS) is 12.6. The maximum Gasteiger partial charge on any atom is 0.271 e. The van der Waals surface area contributed by atoms with Gasteiger partial charge in [0.15, 0.2) is 4.96 Å². The highest BCUT2D eigenvalue weighted by molar-refractivity contribution is 7.15. The van der Waals surface area contributed by atoms with Crippen LogP contribution in [0, 0.1) is 6.92 Å². The van der Waals surface area contributed by atoms with Crippen LogP contribution in [0.1, 0.15) is 23.0 Å². The van der Waals surface area contributed by atoms with Crippen molar-refractivity contribution in [3.05, 3.63) is 33.2 Å². The number of hydrogen-bond acceptors (Lipinski definition) is 5. The van der Waals surface area contributed by atoms with Gasteiger partial charge in [-0.05, 0) is 13.8 Å². The number of nitrogens with zero attached hydrogens (tertiary/aromatic N) is 2. The van der Waals surface area contributed by atoms with Crippen LogP contribution in [0.5, 0.6) is 0 Å². The van der Waals surface area contributed by atoms with Crippen LogP contribution in [0.25, 0.3) is 4.96 Å². The van der Waals surface area contributed by atoms with Gasteiger partial charge in [-0.1, -0.05) is 0 Å². The Bertz CT molecular complexity index is 645. The summed E-state index contributed by atoms with van der Waals surface area (Å²) in [7, 11) is 0. The van der Waals surface area contributed by atoms with Crippen LogP contribution >= 0.6 is 11.3 Å². The number of hydrogen-bond donors (Lipinski definition) is 2. The number of aromatic nitrogens is 2. The molecule has 96 valence electrons. The number of carbonyl (C=O) groups excluding carboxylic acids is 1. The van der Waals surface area contributed by atoms with Gasteiger partial charge >= 0.3 is 0 Å². The quantitative estimate of drug-likeness (QED) is 0.830. The number of fused-ring (bicyclic) bond motifs is 1. The van der Waals surface area contributed by atoms with Crippen molar-refractivity contribution in [1.29, 1.82) is 0 Å². The third kappa shape index (κ3) is 2.27. The molecule has 7 heteroatoms. The van der Waals surface area contributed by atoms with Crippen molar-refractivity contribution < 1.29 is 9.90 Å². The molecular formula is C11H13N3O3S. The van der Waals surface area contributed by atoms with Crippen LogP contribution in [0.2, 0.25) is 0 Å². The number of carbonyl (C=O) groups is 1. The fourth-order valence-electron chi connectivity index (χ4n) is 1.52. The van der Waals surface area contributed by atoms with Gasteiger partial charge in [0.25, 0.3) is 11.5 Å². The molecule has 0 spiro atoms. The molecule has 2 aromatic heterocycles. The molecule has 0 aliphatic heterocycles. The molecule has 0 aliphatic carbocycles. The average molecular weight is 267 g/mol. The summed E-state index contributed by atoms with van der Waals surface area (Å²) in [5, 5.41) is 13.4. The topological polar surface area (TPSA) is 83.7 Å². The molecule has 1 amide bonds. The third-order valence-electron chi connectivity index (χ3n) is 2.42. The minimum absolute atomic E-state index is 0.0188. The number of thiazole rings is 1. The van der Waals surface area contributed by atoms with E-state index in [1.807, 2.05) is 0 Å². The number of aliphatic hydroxyl groups is 1. The van der Waals surface area contributed by atoms with Gasteiger partial charge in [0.2, 0.25) is 0 Å². The zero-order chi connectivity index (χ0) is 13.3. The Labute approximate surface area is 107 Å². The van der Waals surface area contributed by atoms with E-state index < -0.39 is 12.0 Å². The monoisotopic (exact) mass is 267 g/mol. The van der Waals surface area contributed by atoms with Crippen molar-refractivity contribution in [2.24, 2.45) is 0 Å². The average Bonchev–Trinajstić information content (AvgIpc) is 2.69. The predicted molar refractivity (Wildman–Crippen MR) is 68.1 cm³/mol. The summed E-state index contributed by atoms with van der Waals surface area (Å²) >= 11 is 1.35. The second-order valence-electron chi connectivity index (χ2n) is 4.03. The zero-order valence-electron chi connectivity index (χ0n) is 10.0. The molecular weight excluding hydrogens is 254 g/mol. The third-order valence-corrected chi connectivity index (χ3v) is 3.38. The highest BCUT2D eigenvalue weighted by atomic mass is 32.1. The molecule has 2 heterocycles. The van der Waals surface area contributed by atoms with E-state index >= 15 is 0 Å². The van der Waals surface area contributed by atoms with Gasteiger partial charge in [0.05, 0.1) is 6.10 Å². The minimum atomic E-state index is -0.656. The SMILES string of the molecule is Cc1csc2ncc(C(=O)NCC(C)O)c(=O)n12. The second-order valence-corrected chi connectivity index (χ2v) is 4.87. The van der Waals surface area contributed by atoms with Gasteiger partial charge in [-0.3, -0.25) is 14.0 Å². The first-order valence-corrected chi connectivity index (χ1v) is 6.31. The number of amides is 1. The van der Waals surface area contributed by atoms with E-state index in [4.69, 9.17) is 5.11 Å². The predicted octanol–water partition coefficient (Wildman–Crippen LogP) is 0.175. The number of aryl methyl sites for hydroxylation is 1. The first-order chi connectivity index (χ1) is 8.50. The molecule has 0 saturated heterocycles. The van der Waals surface area contributed by atoms with E-state index in [0.29, 0.717) is 4.96 Å². The summed E-state index contributed by atoms with van der Waals surface area (Å²) in [5.41, 5.74) is 0.342. The Balaban J connectivity index is 2.40. The van der Waals surface area contributed by atoms with Crippen LogP contribution in [0.15, 0.2) is 16.4 Å². The molecule has 2 N–H and O–H groups in total. The van der Waals surface area contributed by atoms with Crippen LogP contribution < -0.4 is 10.9 Å². The molecule has 18 heavy (non-hydrogen) atoms. The lowest BCUT2D eigenvalue weighted by Gasteiger charge is -2.06. The van der Waals surface area contributed by atoms with Gasteiger partial charge in [0, 0.05) is 23.8 Å². The molecule has 1 unspecified atom stereocenters. The van der Waals surface area contributed by atoms with E-state index in [2.05, 4.69) is 10.3 Å². The molecule has 0 fully saturated rings. The summed E-state index contributed by atoms with van der Waals surface area (Å²) in [5.74, 6) is -0.520. The first-order valence-electron chi connectivity index (χ1n) is 5.43. The standard InChI is InChI=1S/C11H13N3O3S/c1-6-5-18-11-13-4-8(10(17)14(6)11)9(16)12-3-7(2)15/h4-5,7,15H,3H2,1-2H3,(H,12,16). The van der Waals surface area contributed by atoms with Crippen molar-refractivity contribution in [2.45, 2.75) is 20.0 Å². The molecule has 1 atom stereocenters. The summed E-state index contributed by atoms with van der Waals surface area (Å²) < 4.78 is 1.40. The van der Waals surface area contributed by atoms with Gasteiger partial charge in [-0.2, -0.15) is 0 Å². The Kier molecular flexibility index (Phi) is 3.44. The maximum atomic E-state index is 12.1. The van der Waals surface area contributed by atoms with E-state index in [1.54, 1.807) is 19.2 Å². The van der Waals surface area contributed by atoms with Crippen molar-refractivity contribution in [1.82, 2.24) is 14.7 Å². The lowest BCUT2D eigenvalue weighted by Crippen LogP contribution is -2.35. The fourth-order valence-corrected chi connectivity index (χ4v) is 2.34. The van der Waals surface area contributed by atoms with E-state index in [9.17, 15) is 9.59 Å². The van der Waals surface area contributed by atoms with Crippen molar-refractivity contribution in [3.8, 4) is 0 Å². The molecule has 6 nitrogen and oxygen atoms in total. The Morgan fingerprint density at radius 2 is 2.39 bits per heavy atom. The summed E-state index contributed by atoms with van der Waals surface area (Å²) in [6.45, 7) is 3.44. The summed E-state index contributed by atoms with van der Waals surface area (Å²) in [4.78, 5) is 28.5. The van der Waals surface area contributed by atoms with Crippen LogP contribution in [-0.2, 0) is 0 Å². The van der Waals surface area contributed by atoms with E-state index in [0.717, 1.165) is 5.69 Å². The van der Waals surface area contributed by atoms with E-state index in [1.165, 1.54) is 21.9 Å². The summed E-state index contributed by atoms with van der Waals surface area (Å²) in [6.07, 6.45) is 0.613. The van der Waals surface area contributed by atoms with E-state index in [-0.39, 0.29) is 17.7 Å². The molecule has 0 aliphatic rings. The van der Waals surface area contributed by atoms with Gasteiger partial charge in [0.1, 0.15) is 5.56 Å². The minimum Gasteiger partial charge on any atom is -0.392 e. The first kappa shape index (κ1) is 12.7. The molecule has 0 saturated carbocycles. The lowest BCUT2D eigenvalue weighted by molar-refractivity contribution is 0.0922. The number of rotatable bonds is 3. The van der Waals surface area contributed by atoms with Crippen LogP contribution in [-0.4, -0.2) is 33.0 Å². The van der Waals surface area contributed by atoms with Crippen LogP contribution in [0.4, 0.5) is 0 Å². The largest absolute Gasteiger partial charge is 0.392 e. The maximum absolute atomic E-state index is 12.1. The smallest absolute Gasteiger partial charge is 0.271 e. The lowest BCUT2D eigenvalue weighted by atomic mass is 10.3.